The molecule has 0 spiro atoms. The first kappa shape index (κ1) is 52.5. The van der Waals surface area contributed by atoms with E-state index in [0.717, 1.165) is 50.3 Å². The Morgan fingerprint density at radius 3 is 1.25 bits per heavy atom. The smallest absolute Gasteiger partial charge is 0.464 e. The molecule has 0 heterocycles. The number of carbonyl (C=O) groups is 2. The van der Waals surface area contributed by atoms with E-state index < -0.39 is 32.4 Å². The van der Waals surface area contributed by atoms with Crippen molar-refractivity contribution in [1.29, 1.82) is 0 Å². The topological polar surface area (TPSA) is 140 Å². The van der Waals surface area contributed by atoms with Gasteiger partial charge in [-0.3, -0.25) is 18.6 Å². The fraction of sp³-hybridized carbons (Fsp3) is 0.952. The van der Waals surface area contributed by atoms with Gasteiger partial charge in [0.15, 0.2) is 5.12 Å². The molecule has 2 unspecified atom stereocenters. The van der Waals surface area contributed by atoms with E-state index in [1.165, 1.54) is 154 Å². The van der Waals surface area contributed by atoms with Gasteiger partial charge in [0, 0.05) is 12.8 Å². The Balaban J connectivity index is 4.24. The summed E-state index contributed by atoms with van der Waals surface area (Å²) in [5.41, 5.74) is 0. The SMILES string of the molecule is CCCCCCCCCCCCCCCCCC(=O)OCC(COP(=O)(O)OC[C@@H](O)CO)SC(=O)CCCCCCCCCCCCCCCCC. The van der Waals surface area contributed by atoms with Crippen LogP contribution in [0.25, 0.3) is 0 Å². The molecular formula is C42H83O9PS. The lowest BCUT2D eigenvalue weighted by Crippen LogP contribution is -2.23. The predicted octanol–water partition coefficient (Wildman–Crippen LogP) is 12.2. The van der Waals surface area contributed by atoms with Crippen LogP contribution in [0.5, 0.6) is 0 Å². The lowest BCUT2D eigenvalue weighted by molar-refractivity contribution is -0.143. The van der Waals surface area contributed by atoms with Crippen LogP contribution in [0.1, 0.15) is 219 Å². The summed E-state index contributed by atoms with van der Waals surface area (Å²) in [6.45, 7) is 2.85. The maximum Gasteiger partial charge on any atom is 0.472 e. The molecule has 0 aliphatic rings. The van der Waals surface area contributed by atoms with Gasteiger partial charge in [-0.2, -0.15) is 0 Å². The molecule has 3 N–H and O–H groups in total. The highest BCUT2D eigenvalue weighted by molar-refractivity contribution is 8.14. The number of rotatable bonds is 42. The van der Waals surface area contributed by atoms with E-state index in [9.17, 15) is 24.2 Å². The van der Waals surface area contributed by atoms with Crippen molar-refractivity contribution in [3.63, 3.8) is 0 Å². The standard InChI is InChI=1S/C42H83O9PS/c1-3-5-7-9-11-13-15-17-19-21-23-25-27-29-31-33-41(45)49-37-40(38-51-52(47,48)50-36-39(44)35-43)53-42(46)34-32-30-28-26-24-22-20-18-16-14-12-10-8-6-4-2/h39-40,43-44H,3-38H2,1-2H3,(H,47,48)/t39-,40?/m0/s1. The summed E-state index contributed by atoms with van der Waals surface area (Å²) < 4.78 is 27.5. The molecule has 316 valence electrons. The second-order valence-electron chi connectivity index (χ2n) is 15.1. The first-order chi connectivity index (χ1) is 25.7. The summed E-state index contributed by atoms with van der Waals surface area (Å²) in [5.74, 6) is -0.352. The first-order valence-corrected chi connectivity index (χ1v) is 24.4. The summed E-state index contributed by atoms with van der Waals surface area (Å²) in [7, 11) is -4.54. The van der Waals surface area contributed by atoms with Crippen molar-refractivity contribution in [2.75, 3.05) is 26.4 Å². The summed E-state index contributed by atoms with van der Waals surface area (Å²) in [6.07, 6.45) is 36.8. The van der Waals surface area contributed by atoms with Crippen molar-refractivity contribution in [2.45, 2.75) is 231 Å². The average molecular weight is 795 g/mol. The third kappa shape index (κ3) is 39.5. The Morgan fingerprint density at radius 2 is 0.868 bits per heavy atom. The molecule has 0 aromatic carbocycles. The van der Waals surface area contributed by atoms with Gasteiger partial charge in [0.05, 0.1) is 25.1 Å². The second-order valence-corrected chi connectivity index (χ2v) is 17.9. The summed E-state index contributed by atoms with van der Waals surface area (Å²) in [4.78, 5) is 35.2. The Labute approximate surface area is 329 Å². The molecular weight excluding hydrogens is 711 g/mol. The van der Waals surface area contributed by atoms with Crippen LogP contribution in [0, 0.1) is 0 Å². The highest BCUT2D eigenvalue weighted by Crippen LogP contribution is 2.44. The van der Waals surface area contributed by atoms with Crippen molar-refractivity contribution in [3.05, 3.63) is 0 Å². The third-order valence-electron chi connectivity index (χ3n) is 9.76. The minimum Gasteiger partial charge on any atom is -0.464 e. The normalized spacial score (nSPS) is 13.9. The first-order valence-electron chi connectivity index (χ1n) is 22.0. The number of unbranched alkanes of at least 4 members (excludes halogenated alkanes) is 28. The second kappa shape index (κ2) is 39.7. The highest BCUT2D eigenvalue weighted by Gasteiger charge is 2.27. The van der Waals surface area contributed by atoms with Crippen LogP contribution in [0.3, 0.4) is 0 Å². The molecule has 0 saturated carbocycles. The number of carbonyl (C=O) groups excluding carboxylic acids is 2. The zero-order valence-electron chi connectivity index (χ0n) is 34.3. The van der Waals surface area contributed by atoms with Gasteiger partial charge in [0.2, 0.25) is 0 Å². The number of esters is 1. The number of phosphoric ester groups is 1. The van der Waals surface area contributed by atoms with Crippen LogP contribution in [-0.4, -0.2) is 64.0 Å². The van der Waals surface area contributed by atoms with Gasteiger partial charge in [0.25, 0.3) is 0 Å². The van der Waals surface area contributed by atoms with Crippen LogP contribution in [0.15, 0.2) is 0 Å². The molecule has 0 fully saturated rings. The Kier molecular flexibility index (Phi) is 39.4. The summed E-state index contributed by atoms with van der Waals surface area (Å²) in [6, 6.07) is 0. The number of aliphatic hydroxyl groups excluding tert-OH is 2. The largest absolute Gasteiger partial charge is 0.472 e. The van der Waals surface area contributed by atoms with E-state index in [0.29, 0.717) is 12.8 Å². The molecule has 0 aromatic rings. The van der Waals surface area contributed by atoms with Crippen molar-refractivity contribution in [2.24, 2.45) is 0 Å². The number of thioether (sulfide) groups is 1. The number of ether oxygens (including phenoxy) is 1. The number of aliphatic hydroxyl groups is 2. The fourth-order valence-corrected chi connectivity index (χ4v) is 8.16. The Bertz CT molecular complexity index is 862. The minimum absolute atomic E-state index is 0.0730. The number of phosphoric acid groups is 1. The van der Waals surface area contributed by atoms with Gasteiger partial charge >= 0.3 is 13.8 Å². The summed E-state index contributed by atoms with van der Waals surface area (Å²) >= 11 is 0.974. The molecule has 0 radical (unpaired) electrons. The van der Waals surface area contributed by atoms with E-state index >= 15 is 0 Å². The lowest BCUT2D eigenvalue weighted by atomic mass is 10.0. The van der Waals surface area contributed by atoms with E-state index in [1.54, 1.807) is 0 Å². The van der Waals surface area contributed by atoms with E-state index in [-0.39, 0.29) is 24.3 Å². The van der Waals surface area contributed by atoms with Gasteiger partial charge < -0.3 is 19.8 Å². The lowest BCUT2D eigenvalue weighted by Gasteiger charge is -2.19. The molecule has 9 nitrogen and oxygen atoms in total. The van der Waals surface area contributed by atoms with E-state index in [1.807, 2.05) is 0 Å². The van der Waals surface area contributed by atoms with Gasteiger partial charge in [-0.25, -0.2) is 4.57 Å². The number of hydrogen-bond donors (Lipinski definition) is 3. The molecule has 53 heavy (non-hydrogen) atoms. The molecule has 0 aliphatic carbocycles. The predicted molar refractivity (Wildman–Crippen MR) is 221 cm³/mol. The average Bonchev–Trinajstić information content (AvgIpc) is 3.14. The quantitative estimate of drug-likeness (QED) is 0.0311. The molecule has 11 heteroatoms. The van der Waals surface area contributed by atoms with Crippen LogP contribution in [-0.2, 0) is 27.9 Å². The van der Waals surface area contributed by atoms with Gasteiger partial charge in [-0.15, -0.1) is 0 Å². The van der Waals surface area contributed by atoms with Crippen molar-refractivity contribution in [3.8, 4) is 0 Å². The third-order valence-corrected chi connectivity index (χ3v) is 11.8. The van der Waals surface area contributed by atoms with Crippen LogP contribution in [0.4, 0.5) is 0 Å². The van der Waals surface area contributed by atoms with Crippen molar-refractivity contribution in [1.82, 2.24) is 0 Å². The van der Waals surface area contributed by atoms with Crippen molar-refractivity contribution >= 4 is 30.7 Å². The van der Waals surface area contributed by atoms with E-state index in [2.05, 4.69) is 13.8 Å². The van der Waals surface area contributed by atoms with Crippen LogP contribution < -0.4 is 0 Å². The molecule has 0 rings (SSSR count). The zero-order chi connectivity index (χ0) is 39.1. The van der Waals surface area contributed by atoms with Crippen molar-refractivity contribution < 1.29 is 43.0 Å². The Morgan fingerprint density at radius 1 is 0.528 bits per heavy atom. The molecule has 0 aliphatic heterocycles. The Hall–Kier alpha value is -0.480. The fourth-order valence-electron chi connectivity index (χ4n) is 6.35. The summed E-state index contributed by atoms with van der Waals surface area (Å²) in [5, 5.41) is 17.6. The van der Waals surface area contributed by atoms with Gasteiger partial charge in [-0.05, 0) is 12.8 Å². The number of hydrogen-bond acceptors (Lipinski definition) is 9. The molecule has 0 amide bonds. The maximum atomic E-state index is 12.8. The van der Waals surface area contributed by atoms with Crippen LogP contribution >= 0.6 is 19.6 Å². The van der Waals surface area contributed by atoms with E-state index in [4.69, 9.17) is 18.9 Å². The molecule has 0 bridgehead atoms. The zero-order valence-corrected chi connectivity index (χ0v) is 36.0. The maximum absolute atomic E-state index is 12.8. The van der Waals surface area contributed by atoms with Crippen LogP contribution in [0.2, 0.25) is 0 Å². The monoisotopic (exact) mass is 795 g/mol. The highest BCUT2D eigenvalue weighted by atomic mass is 32.2. The molecule has 3 atom stereocenters. The van der Waals surface area contributed by atoms with Gasteiger partial charge in [-0.1, -0.05) is 205 Å². The molecule has 0 saturated heterocycles. The minimum atomic E-state index is -4.54. The molecule has 0 aromatic heterocycles. The van der Waals surface area contributed by atoms with Gasteiger partial charge in [0.1, 0.15) is 12.7 Å².